The van der Waals surface area contributed by atoms with Gasteiger partial charge in [0.25, 0.3) is 0 Å². The molecular formula is C55H34F6N4. The van der Waals surface area contributed by atoms with Gasteiger partial charge in [0.2, 0.25) is 5.69 Å². The molecule has 10 heteroatoms. The molecule has 0 fully saturated rings. The van der Waals surface area contributed by atoms with Gasteiger partial charge in [-0.15, -0.1) is 0 Å². The van der Waals surface area contributed by atoms with Crippen LogP contribution in [0, 0.1) is 33.9 Å². The van der Waals surface area contributed by atoms with Crippen molar-refractivity contribution >= 4 is 55.0 Å². The monoisotopic (exact) mass is 864 g/mol. The maximum atomic E-state index is 15.2. The van der Waals surface area contributed by atoms with Crippen molar-refractivity contribution in [2.75, 3.05) is 0 Å². The highest BCUT2D eigenvalue weighted by Crippen LogP contribution is 2.51. The van der Waals surface area contributed by atoms with Crippen LogP contribution in [-0.4, -0.2) is 9.13 Å². The number of rotatable bonds is 5. The van der Waals surface area contributed by atoms with E-state index in [0.29, 0.717) is 33.1 Å². The fraction of sp³-hybridized carbons (Fsp3) is 0.0909. The van der Waals surface area contributed by atoms with Crippen molar-refractivity contribution in [3.05, 3.63) is 202 Å². The number of alkyl halides is 6. The lowest BCUT2D eigenvalue weighted by Crippen LogP contribution is -2.09. The highest BCUT2D eigenvalue weighted by molar-refractivity contribution is 6.14. The summed E-state index contributed by atoms with van der Waals surface area (Å²) in [6, 6.07) is 42.9. The molecule has 0 saturated heterocycles. The molecule has 0 amide bonds. The van der Waals surface area contributed by atoms with Gasteiger partial charge >= 0.3 is 12.4 Å². The van der Waals surface area contributed by atoms with Gasteiger partial charge < -0.3 is 9.13 Å². The van der Waals surface area contributed by atoms with Crippen molar-refractivity contribution < 1.29 is 26.3 Å². The third-order valence-corrected chi connectivity index (χ3v) is 12.3. The molecule has 0 aliphatic rings. The number of fused-ring (bicyclic) bond motifs is 6. The average molecular weight is 865 g/mol. The van der Waals surface area contributed by atoms with Gasteiger partial charge in [0.05, 0.1) is 57.7 Å². The molecular weight excluding hydrogens is 831 g/mol. The van der Waals surface area contributed by atoms with Crippen LogP contribution in [0.15, 0.2) is 152 Å². The van der Waals surface area contributed by atoms with E-state index in [1.54, 1.807) is 72.2 Å². The molecule has 10 rings (SSSR count). The lowest BCUT2D eigenvalue weighted by Gasteiger charge is -2.23. The quantitative estimate of drug-likeness (QED) is 0.121. The molecule has 0 aliphatic heterocycles. The minimum absolute atomic E-state index is 0.00105. The highest BCUT2D eigenvalue weighted by atomic mass is 19.4. The molecule has 0 aliphatic carbocycles. The molecule has 316 valence electrons. The number of nitrogens with zero attached hydrogens (tertiary/aromatic N) is 4. The van der Waals surface area contributed by atoms with Crippen LogP contribution in [0.5, 0.6) is 0 Å². The van der Waals surface area contributed by atoms with Crippen LogP contribution in [-0.2, 0) is 12.4 Å². The second kappa shape index (κ2) is 15.0. The first kappa shape index (κ1) is 41.0. The number of benzene rings is 8. The second-order valence-electron chi connectivity index (χ2n) is 16.3. The molecule has 2 heterocycles. The SMILES string of the molecule is [C-]#[N+]c1cccc(C(F)(F)F)c1-c1ccc(-n2c3ccccc3c3cc(-c4ccc(C)cc4C)ccc32)c([N+]#[C-])c1-n1c2ccccc2c2cc(-c3ccc(C)cc3C(F)(F)F)ccc21. The normalized spacial score (nSPS) is 12.0. The topological polar surface area (TPSA) is 18.6 Å². The first-order chi connectivity index (χ1) is 31.2. The highest BCUT2D eigenvalue weighted by Gasteiger charge is 2.37. The van der Waals surface area contributed by atoms with Crippen LogP contribution in [0.3, 0.4) is 0 Å². The Kier molecular flexibility index (Phi) is 9.47. The minimum Gasteiger partial charge on any atom is -0.319 e. The van der Waals surface area contributed by atoms with Gasteiger partial charge in [-0.25, -0.2) is 9.69 Å². The molecule has 10 aromatic rings. The van der Waals surface area contributed by atoms with E-state index in [1.807, 2.05) is 47.9 Å². The summed E-state index contributed by atoms with van der Waals surface area (Å²) in [7, 11) is 0. The minimum atomic E-state index is -4.88. The Morgan fingerprint density at radius 1 is 0.446 bits per heavy atom. The summed E-state index contributed by atoms with van der Waals surface area (Å²) < 4.78 is 92.7. The van der Waals surface area contributed by atoms with Crippen LogP contribution in [0.2, 0.25) is 0 Å². The Morgan fingerprint density at radius 3 is 1.58 bits per heavy atom. The molecule has 4 nitrogen and oxygen atoms in total. The molecule has 0 radical (unpaired) electrons. The van der Waals surface area contributed by atoms with Gasteiger partial charge in [0.15, 0.2) is 5.69 Å². The zero-order valence-electron chi connectivity index (χ0n) is 35.0. The summed E-state index contributed by atoms with van der Waals surface area (Å²) in [5, 5.41) is 2.91. The summed E-state index contributed by atoms with van der Waals surface area (Å²) in [5.74, 6) is 0. The molecule has 0 saturated carbocycles. The van der Waals surface area contributed by atoms with Gasteiger partial charge in [0.1, 0.15) is 0 Å². The number of hydrogen-bond donors (Lipinski definition) is 0. The maximum absolute atomic E-state index is 15.2. The van der Waals surface area contributed by atoms with E-state index in [9.17, 15) is 13.2 Å². The lowest BCUT2D eigenvalue weighted by molar-refractivity contribution is -0.137. The molecule has 2 aromatic heterocycles. The van der Waals surface area contributed by atoms with Gasteiger partial charge in [0, 0.05) is 27.1 Å². The molecule has 0 N–H and O–H groups in total. The van der Waals surface area contributed by atoms with E-state index < -0.39 is 23.5 Å². The zero-order valence-corrected chi connectivity index (χ0v) is 35.0. The fourth-order valence-electron chi connectivity index (χ4n) is 9.50. The summed E-state index contributed by atoms with van der Waals surface area (Å²) in [4.78, 5) is 7.73. The van der Waals surface area contributed by atoms with Crippen molar-refractivity contribution in [1.82, 2.24) is 9.13 Å². The summed E-state index contributed by atoms with van der Waals surface area (Å²) in [6.45, 7) is 22.7. The van der Waals surface area contributed by atoms with E-state index in [2.05, 4.69) is 40.9 Å². The number of halogens is 6. The van der Waals surface area contributed by atoms with Crippen molar-refractivity contribution in [2.24, 2.45) is 0 Å². The van der Waals surface area contributed by atoms with Gasteiger partial charge in [-0.05, 0) is 103 Å². The lowest BCUT2D eigenvalue weighted by atomic mass is 9.94. The molecule has 0 bridgehead atoms. The Bertz CT molecular complexity index is 3700. The molecule has 0 spiro atoms. The Hall–Kier alpha value is -8.08. The third kappa shape index (κ3) is 6.60. The van der Waals surface area contributed by atoms with Gasteiger partial charge in [-0.1, -0.05) is 114 Å². The van der Waals surface area contributed by atoms with Crippen LogP contribution >= 0.6 is 0 Å². The van der Waals surface area contributed by atoms with Crippen molar-refractivity contribution in [3.63, 3.8) is 0 Å². The maximum Gasteiger partial charge on any atom is 0.417 e. The Labute approximate surface area is 369 Å². The number of aryl methyl sites for hydroxylation is 3. The van der Waals surface area contributed by atoms with E-state index in [4.69, 9.17) is 13.1 Å². The zero-order chi connectivity index (χ0) is 45.5. The van der Waals surface area contributed by atoms with Gasteiger partial charge in [-0.2, -0.15) is 26.3 Å². The third-order valence-electron chi connectivity index (χ3n) is 12.3. The smallest absolute Gasteiger partial charge is 0.319 e. The van der Waals surface area contributed by atoms with Crippen LogP contribution in [0.4, 0.5) is 37.7 Å². The van der Waals surface area contributed by atoms with Crippen LogP contribution in [0.25, 0.3) is 98.1 Å². The standard InChI is InChI=1S/C55H34F6N4/c1-31-17-21-36(33(3)27-31)34-19-24-48-41(29-34)38-11-6-8-15-46(38)64(48)50-26-23-40(51-43(54(56,57)58)13-10-14-45(51)62-4)53(52(50)63-5)65-47-16-9-7-12-39(47)42-30-35(20-25-49(42)65)37-22-18-32(2)28-44(37)55(59,60)61/h6-30H,1-3H3. The summed E-state index contributed by atoms with van der Waals surface area (Å²) >= 11 is 0. The van der Waals surface area contributed by atoms with E-state index >= 15 is 13.2 Å². The second-order valence-corrected chi connectivity index (χ2v) is 16.3. The number of aromatic nitrogens is 2. The van der Waals surface area contributed by atoms with Crippen molar-refractivity contribution in [2.45, 2.75) is 33.1 Å². The van der Waals surface area contributed by atoms with Gasteiger partial charge in [-0.3, -0.25) is 0 Å². The molecule has 65 heavy (non-hydrogen) atoms. The largest absolute Gasteiger partial charge is 0.417 e. The number of para-hydroxylation sites is 2. The first-order valence-corrected chi connectivity index (χ1v) is 20.6. The van der Waals surface area contributed by atoms with Crippen molar-refractivity contribution in [3.8, 4) is 44.8 Å². The van der Waals surface area contributed by atoms with E-state index in [1.165, 1.54) is 18.2 Å². The average Bonchev–Trinajstić information content (AvgIpc) is 3.79. The van der Waals surface area contributed by atoms with E-state index in [0.717, 1.165) is 56.2 Å². The fourth-order valence-corrected chi connectivity index (χ4v) is 9.50. The van der Waals surface area contributed by atoms with Crippen LogP contribution in [0.1, 0.15) is 27.8 Å². The van der Waals surface area contributed by atoms with Crippen LogP contribution < -0.4 is 0 Å². The predicted molar refractivity (Wildman–Crippen MR) is 248 cm³/mol. The molecule has 8 aromatic carbocycles. The molecule has 0 atom stereocenters. The Balaban J connectivity index is 1.33. The molecule has 0 unspecified atom stereocenters. The first-order valence-electron chi connectivity index (χ1n) is 20.6. The summed E-state index contributed by atoms with van der Waals surface area (Å²) in [6.07, 6.45) is -9.53. The predicted octanol–water partition coefficient (Wildman–Crippen LogP) is 16.9. The summed E-state index contributed by atoms with van der Waals surface area (Å²) in [5.41, 5.74) is 5.42. The number of hydrogen-bond acceptors (Lipinski definition) is 0. The van der Waals surface area contributed by atoms with Crippen molar-refractivity contribution in [1.29, 1.82) is 0 Å². The van der Waals surface area contributed by atoms with E-state index in [-0.39, 0.29) is 39.3 Å². The Morgan fingerprint density at radius 2 is 0.985 bits per heavy atom.